The molecule has 0 aromatic heterocycles. The van der Waals surface area contributed by atoms with Gasteiger partial charge in [-0.3, -0.25) is 4.79 Å². The number of amides is 1. The van der Waals surface area contributed by atoms with Crippen molar-refractivity contribution in [2.24, 2.45) is 5.41 Å². The van der Waals surface area contributed by atoms with Gasteiger partial charge in [0.05, 0.1) is 35.6 Å². The summed E-state index contributed by atoms with van der Waals surface area (Å²) in [5.41, 5.74) is 0.984. The highest BCUT2D eigenvalue weighted by molar-refractivity contribution is 7.89. The molecular weight excluding hydrogens is 406 g/mol. The third kappa shape index (κ3) is 6.16. The molecule has 1 aromatic rings. The molecule has 9 heteroatoms. The molecule has 0 aliphatic carbocycles. The van der Waals surface area contributed by atoms with Crippen LogP contribution in [0.3, 0.4) is 0 Å². The minimum absolute atomic E-state index is 0.125. The zero-order valence-electron chi connectivity index (χ0n) is 18.1. The number of ether oxygens (including phenoxy) is 2. The number of anilines is 2. The first-order valence-corrected chi connectivity index (χ1v) is 12.0. The van der Waals surface area contributed by atoms with Crippen molar-refractivity contribution in [2.45, 2.75) is 51.0 Å². The Balaban J connectivity index is 1.83. The normalized spacial score (nSPS) is 20.8. The van der Waals surface area contributed by atoms with E-state index in [4.69, 9.17) is 9.47 Å². The van der Waals surface area contributed by atoms with Gasteiger partial charge in [0.2, 0.25) is 15.9 Å². The van der Waals surface area contributed by atoms with Crippen molar-refractivity contribution in [1.82, 2.24) is 4.31 Å². The van der Waals surface area contributed by atoms with Crippen molar-refractivity contribution in [3.63, 3.8) is 0 Å². The maximum Gasteiger partial charge on any atom is 0.243 e. The molecule has 2 saturated heterocycles. The molecule has 1 amide bonds. The third-order valence-corrected chi connectivity index (χ3v) is 7.00. The minimum Gasteiger partial charge on any atom is -0.381 e. The lowest BCUT2D eigenvalue weighted by Crippen LogP contribution is -2.40. The second-order valence-electron chi connectivity index (χ2n) is 9.03. The summed E-state index contributed by atoms with van der Waals surface area (Å²) in [6.45, 7) is 8.76. The van der Waals surface area contributed by atoms with Crippen molar-refractivity contribution < 1.29 is 22.7 Å². The molecule has 168 valence electrons. The van der Waals surface area contributed by atoms with Crippen LogP contribution in [0.2, 0.25) is 0 Å². The van der Waals surface area contributed by atoms with Gasteiger partial charge >= 0.3 is 0 Å². The maximum absolute atomic E-state index is 13.0. The molecule has 0 radical (unpaired) electrons. The van der Waals surface area contributed by atoms with Gasteiger partial charge in [-0.05, 0) is 36.5 Å². The SMILES string of the molecule is CC(C)(C)CC(=O)Nc1cc(S(=O)(=O)N2CCOCC2)ccc1NCC1CCCO1. The zero-order chi connectivity index (χ0) is 21.8. The second kappa shape index (κ2) is 9.64. The molecule has 0 bridgehead atoms. The standard InChI is InChI=1S/C21H33N3O5S/c1-21(2,3)14-20(25)23-19-13-17(30(26,27)24-8-11-28-12-9-24)6-7-18(19)22-15-16-5-4-10-29-16/h6-7,13,16,22H,4-5,8-12,14-15H2,1-3H3,(H,23,25). The van der Waals surface area contributed by atoms with Gasteiger partial charge in [0.1, 0.15) is 0 Å². The van der Waals surface area contributed by atoms with Crippen molar-refractivity contribution in [2.75, 3.05) is 50.1 Å². The van der Waals surface area contributed by atoms with Gasteiger partial charge in [-0.15, -0.1) is 0 Å². The van der Waals surface area contributed by atoms with Crippen LogP contribution in [0.4, 0.5) is 11.4 Å². The fourth-order valence-electron chi connectivity index (χ4n) is 3.58. The molecule has 0 spiro atoms. The van der Waals surface area contributed by atoms with E-state index in [1.807, 2.05) is 20.8 Å². The monoisotopic (exact) mass is 439 g/mol. The maximum atomic E-state index is 13.0. The molecule has 3 rings (SSSR count). The highest BCUT2D eigenvalue weighted by Gasteiger charge is 2.27. The van der Waals surface area contributed by atoms with Crippen LogP contribution in [0.15, 0.2) is 23.1 Å². The summed E-state index contributed by atoms with van der Waals surface area (Å²) in [5, 5.41) is 6.22. The highest BCUT2D eigenvalue weighted by Crippen LogP contribution is 2.29. The van der Waals surface area contributed by atoms with E-state index in [0.717, 1.165) is 19.4 Å². The largest absolute Gasteiger partial charge is 0.381 e. The molecule has 2 fully saturated rings. The van der Waals surface area contributed by atoms with Crippen molar-refractivity contribution >= 4 is 27.3 Å². The number of hydrogen-bond donors (Lipinski definition) is 2. The molecule has 30 heavy (non-hydrogen) atoms. The smallest absolute Gasteiger partial charge is 0.243 e. The molecular formula is C21H33N3O5S. The first kappa shape index (κ1) is 23.0. The molecule has 2 heterocycles. The number of sulfonamides is 1. The third-order valence-electron chi connectivity index (χ3n) is 5.11. The number of nitrogens with one attached hydrogen (secondary N) is 2. The first-order chi connectivity index (χ1) is 14.1. The Labute approximate surface area is 179 Å². The molecule has 1 atom stereocenters. The van der Waals surface area contributed by atoms with E-state index in [1.54, 1.807) is 18.2 Å². The molecule has 1 aromatic carbocycles. The second-order valence-corrected chi connectivity index (χ2v) is 11.0. The van der Waals surface area contributed by atoms with E-state index in [0.29, 0.717) is 50.6 Å². The van der Waals surface area contributed by atoms with Crippen LogP contribution in [-0.2, 0) is 24.3 Å². The van der Waals surface area contributed by atoms with Gasteiger partial charge < -0.3 is 20.1 Å². The molecule has 0 saturated carbocycles. The fourth-order valence-corrected chi connectivity index (χ4v) is 5.02. The van der Waals surface area contributed by atoms with Crippen LogP contribution in [0, 0.1) is 5.41 Å². The fraction of sp³-hybridized carbons (Fsp3) is 0.667. The van der Waals surface area contributed by atoms with Crippen molar-refractivity contribution in [3.8, 4) is 0 Å². The highest BCUT2D eigenvalue weighted by atomic mass is 32.2. The average molecular weight is 440 g/mol. The summed E-state index contributed by atoms with van der Waals surface area (Å²) in [6, 6.07) is 4.85. The number of carbonyl (C=O) groups excluding carboxylic acids is 1. The summed E-state index contributed by atoms with van der Waals surface area (Å²) in [5.74, 6) is -0.149. The number of carbonyl (C=O) groups is 1. The topological polar surface area (TPSA) is 97.0 Å². The average Bonchev–Trinajstić information content (AvgIpc) is 3.19. The zero-order valence-corrected chi connectivity index (χ0v) is 18.9. The van der Waals surface area contributed by atoms with E-state index < -0.39 is 10.0 Å². The van der Waals surface area contributed by atoms with Crippen LogP contribution in [-0.4, -0.2) is 64.2 Å². The van der Waals surface area contributed by atoms with Crippen LogP contribution in [0.25, 0.3) is 0 Å². The summed E-state index contributed by atoms with van der Waals surface area (Å²) in [7, 11) is -3.65. The quantitative estimate of drug-likeness (QED) is 0.678. The molecule has 8 nitrogen and oxygen atoms in total. The number of rotatable bonds is 7. The summed E-state index contributed by atoms with van der Waals surface area (Å²) >= 11 is 0. The summed E-state index contributed by atoms with van der Waals surface area (Å²) < 4.78 is 38.4. The summed E-state index contributed by atoms with van der Waals surface area (Å²) in [6.07, 6.45) is 2.49. The van der Waals surface area contributed by atoms with Crippen LogP contribution < -0.4 is 10.6 Å². The lowest BCUT2D eigenvalue weighted by atomic mass is 9.92. The van der Waals surface area contributed by atoms with Crippen molar-refractivity contribution in [3.05, 3.63) is 18.2 Å². The molecule has 1 unspecified atom stereocenters. The van der Waals surface area contributed by atoms with E-state index >= 15 is 0 Å². The Bertz CT molecular complexity index is 839. The van der Waals surface area contributed by atoms with Gasteiger partial charge in [0, 0.05) is 32.7 Å². The van der Waals surface area contributed by atoms with E-state index in [2.05, 4.69) is 10.6 Å². The van der Waals surface area contributed by atoms with Gasteiger partial charge in [0.25, 0.3) is 0 Å². The Morgan fingerprint density at radius 2 is 1.90 bits per heavy atom. The van der Waals surface area contributed by atoms with Crippen molar-refractivity contribution in [1.29, 1.82) is 0 Å². The van der Waals surface area contributed by atoms with Gasteiger partial charge in [-0.1, -0.05) is 20.8 Å². The van der Waals surface area contributed by atoms with Gasteiger partial charge in [0.15, 0.2) is 0 Å². The lowest BCUT2D eigenvalue weighted by Gasteiger charge is -2.26. The Hall–Kier alpha value is -1.68. The Kier molecular flexibility index (Phi) is 7.38. The van der Waals surface area contributed by atoms with Gasteiger partial charge in [-0.2, -0.15) is 4.31 Å². The predicted octanol–water partition coefficient (Wildman–Crippen LogP) is 2.67. The Morgan fingerprint density at radius 1 is 1.17 bits per heavy atom. The predicted molar refractivity (Wildman–Crippen MR) is 116 cm³/mol. The molecule has 2 N–H and O–H groups in total. The van der Waals surface area contributed by atoms with E-state index in [1.165, 1.54) is 4.31 Å². The molecule has 2 aliphatic rings. The number of hydrogen-bond acceptors (Lipinski definition) is 6. The first-order valence-electron chi connectivity index (χ1n) is 10.5. The Morgan fingerprint density at radius 3 is 2.53 bits per heavy atom. The number of benzene rings is 1. The van der Waals surface area contributed by atoms with E-state index in [9.17, 15) is 13.2 Å². The van der Waals surface area contributed by atoms with Crippen LogP contribution in [0.1, 0.15) is 40.0 Å². The number of nitrogens with zero attached hydrogens (tertiary/aromatic N) is 1. The van der Waals surface area contributed by atoms with Crippen LogP contribution in [0.5, 0.6) is 0 Å². The molecule has 2 aliphatic heterocycles. The minimum atomic E-state index is -3.65. The van der Waals surface area contributed by atoms with Gasteiger partial charge in [-0.25, -0.2) is 8.42 Å². The summed E-state index contributed by atoms with van der Waals surface area (Å²) in [4.78, 5) is 12.7. The van der Waals surface area contributed by atoms with E-state index in [-0.39, 0.29) is 22.3 Å². The lowest BCUT2D eigenvalue weighted by molar-refractivity contribution is -0.117. The number of morpholine rings is 1. The van der Waals surface area contributed by atoms with Crippen LogP contribution >= 0.6 is 0 Å².